The second-order valence-corrected chi connectivity index (χ2v) is 5.08. The Morgan fingerprint density at radius 2 is 1.83 bits per heavy atom. The minimum atomic E-state index is 1.06. The molecule has 0 nitrogen and oxygen atoms in total. The Balaban J connectivity index is 2.28. The zero-order valence-corrected chi connectivity index (χ0v) is 10.4. The molecule has 0 atom stereocenters. The fourth-order valence-electron chi connectivity index (χ4n) is 3.10. The lowest BCUT2D eigenvalue weighted by atomic mass is 9.95. The van der Waals surface area contributed by atoms with Gasteiger partial charge in [-0.05, 0) is 51.3 Å². The second-order valence-electron chi connectivity index (χ2n) is 5.08. The molecule has 0 heterocycles. The molecule has 0 amide bonds. The highest BCUT2D eigenvalue weighted by Crippen LogP contribution is 2.17. The first-order valence-corrected chi connectivity index (χ1v) is 6.45. The van der Waals surface area contributed by atoms with Crippen LogP contribution >= 0.6 is 0 Å². The van der Waals surface area contributed by atoms with Gasteiger partial charge in [-0.2, -0.15) is 0 Å². The van der Waals surface area contributed by atoms with Gasteiger partial charge in [0, 0.05) is 0 Å². The van der Waals surface area contributed by atoms with Crippen LogP contribution in [0.5, 0.6) is 0 Å². The Morgan fingerprint density at radius 1 is 0.944 bits per heavy atom. The standard InChI is InChI=1S/C18H14/c1-12-6-7-14-9-10-16-15-5-3-2-4-13(15)8-11-17(16)18(12)14/h2-3,5-11H,4H2,1H3. The largest absolute Gasteiger partial charge is 0.0801 e. The van der Waals surface area contributed by atoms with Crippen LogP contribution in [0.15, 0.2) is 42.5 Å². The van der Waals surface area contributed by atoms with Gasteiger partial charge in [0.1, 0.15) is 0 Å². The van der Waals surface area contributed by atoms with Crippen molar-refractivity contribution in [1.82, 2.24) is 0 Å². The van der Waals surface area contributed by atoms with Crippen LogP contribution in [0.4, 0.5) is 0 Å². The van der Waals surface area contributed by atoms with Gasteiger partial charge in [0.2, 0.25) is 0 Å². The molecule has 2 aromatic rings. The first kappa shape index (κ1) is 9.90. The van der Waals surface area contributed by atoms with E-state index in [9.17, 15) is 0 Å². The number of hydrogen-bond donors (Lipinski definition) is 0. The van der Waals surface area contributed by atoms with E-state index in [1.807, 2.05) is 0 Å². The van der Waals surface area contributed by atoms with Crippen molar-refractivity contribution in [1.29, 1.82) is 0 Å². The third-order valence-corrected chi connectivity index (χ3v) is 4.01. The number of hydrogen-bond acceptors (Lipinski definition) is 0. The summed E-state index contributed by atoms with van der Waals surface area (Å²) in [6, 6.07) is 9.09. The van der Waals surface area contributed by atoms with Crippen LogP contribution in [0.1, 0.15) is 18.1 Å². The molecule has 0 saturated heterocycles. The summed E-state index contributed by atoms with van der Waals surface area (Å²) >= 11 is 0. The smallest absolute Gasteiger partial charge is 0.00759 e. The van der Waals surface area contributed by atoms with E-state index in [0.717, 1.165) is 6.42 Å². The zero-order chi connectivity index (χ0) is 12.1. The first-order valence-electron chi connectivity index (χ1n) is 6.45. The molecule has 0 bridgehead atoms. The summed E-state index contributed by atoms with van der Waals surface area (Å²) in [5.41, 5.74) is 4.17. The van der Waals surface area contributed by atoms with Crippen molar-refractivity contribution in [2.75, 3.05) is 0 Å². The second kappa shape index (κ2) is 3.46. The predicted molar refractivity (Wildman–Crippen MR) is 78.6 cm³/mol. The molecule has 0 spiro atoms. The highest BCUT2D eigenvalue weighted by molar-refractivity contribution is 5.93. The Labute approximate surface area is 106 Å². The lowest BCUT2D eigenvalue weighted by Gasteiger charge is -2.09. The van der Waals surface area contributed by atoms with Crippen molar-refractivity contribution in [2.45, 2.75) is 13.3 Å². The molecule has 2 aliphatic rings. The lowest BCUT2D eigenvalue weighted by Crippen LogP contribution is -2.16. The van der Waals surface area contributed by atoms with E-state index in [0.29, 0.717) is 0 Å². The maximum atomic E-state index is 2.29. The molecule has 4 rings (SSSR count). The van der Waals surface area contributed by atoms with Gasteiger partial charge in [0.05, 0.1) is 0 Å². The number of allylic oxidation sites excluding steroid dienone is 3. The normalized spacial score (nSPS) is 15.7. The van der Waals surface area contributed by atoms with Crippen LogP contribution in [0.2, 0.25) is 0 Å². The molecular formula is C18H14. The van der Waals surface area contributed by atoms with Gasteiger partial charge in [0.15, 0.2) is 0 Å². The van der Waals surface area contributed by atoms with Crippen molar-refractivity contribution in [3.05, 3.63) is 64.1 Å². The Morgan fingerprint density at radius 3 is 2.78 bits per heavy atom. The molecule has 0 N–H and O–H groups in total. The van der Waals surface area contributed by atoms with Crippen molar-refractivity contribution < 1.29 is 0 Å². The fraction of sp³-hybridized carbons (Fsp3) is 0.111. The Bertz CT molecular complexity index is 846. The van der Waals surface area contributed by atoms with E-state index in [-0.39, 0.29) is 0 Å². The summed E-state index contributed by atoms with van der Waals surface area (Å²) in [4.78, 5) is 0. The molecule has 0 aliphatic heterocycles. The number of benzene rings is 2. The molecular weight excluding hydrogens is 216 g/mol. The van der Waals surface area contributed by atoms with Crippen LogP contribution < -0.4 is 10.4 Å². The molecule has 0 heteroatoms. The van der Waals surface area contributed by atoms with Gasteiger partial charge in [-0.25, -0.2) is 0 Å². The minimum Gasteiger partial charge on any atom is -0.0801 e. The van der Waals surface area contributed by atoms with Crippen LogP contribution in [0.25, 0.3) is 28.5 Å². The fourth-order valence-corrected chi connectivity index (χ4v) is 3.10. The summed E-state index contributed by atoms with van der Waals surface area (Å²) in [6.07, 6.45) is 12.1. The van der Waals surface area contributed by atoms with E-state index in [4.69, 9.17) is 0 Å². The highest BCUT2D eigenvalue weighted by atomic mass is 14.1. The van der Waals surface area contributed by atoms with Crippen molar-refractivity contribution >= 4 is 28.5 Å². The quantitative estimate of drug-likeness (QED) is 0.653. The third kappa shape index (κ3) is 1.20. The number of rotatable bonds is 0. The van der Waals surface area contributed by atoms with Gasteiger partial charge in [0.25, 0.3) is 0 Å². The third-order valence-electron chi connectivity index (χ3n) is 4.01. The molecule has 2 aromatic carbocycles. The maximum absolute atomic E-state index is 2.29. The maximum Gasteiger partial charge on any atom is -0.00759 e. The predicted octanol–water partition coefficient (Wildman–Crippen LogP) is 2.93. The minimum absolute atomic E-state index is 1.06. The van der Waals surface area contributed by atoms with Crippen LogP contribution in [-0.2, 0) is 6.42 Å². The SMILES string of the molecule is CC1=c2c(ccc3c4c(ccc23)CC=CC=4)C=C1. The summed E-state index contributed by atoms with van der Waals surface area (Å²) < 4.78 is 0. The average molecular weight is 230 g/mol. The highest BCUT2D eigenvalue weighted by Gasteiger charge is 2.09. The number of fused-ring (bicyclic) bond motifs is 5. The Hall–Kier alpha value is -2.08. The monoisotopic (exact) mass is 230 g/mol. The van der Waals surface area contributed by atoms with E-state index in [2.05, 4.69) is 61.6 Å². The summed E-state index contributed by atoms with van der Waals surface area (Å²) in [5.74, 6) is 0. The van der Waals surface area contributed by atoms with Crippen LogP contribution in [-0.4, -0.2) is 0 Å². The van der Waals surface area contributed by atoms with Gasteiger partial charge >= 0.3 is 0 Å². The molecule has 0 radical (unpaired) electrons. The van der Waals surface area contributed by atoms with Crippen molar-refractivity contribution in [2.24, 2.45) is 0 Å². The summed E-state index contributed by atoms with van der Waals surface area (Å²) in [7, 11) is 0. The molecule has 0 aromatic heterocycles. The van der Waals surface area contributed by atoms with E-state index < -0.39 is 0 Å². The Kier molecular flexibility index (Phi) is 1.90. The van der Waals surface area contributed by atoms with E-state index >= 15 is 0 Å². The van der Waals surface area contributed by atoms with Crippen molar-refractivity contribution in [3.8, 4) is 0 Å². The lowest BCUT2D eigenvalue weighted by molar-refractivity contribution is 1.24. The van der Waals surface area contributed by atoms with Gasteiger partial charge in [-0.15, -0.1) is 0 Å². The summed E-state index contributed by atoms with van der Waals surface area (Å²) in [5, 5.41) is 5.59. The van der Waals surface area contributed by atoms with E-state index in [1.165, 1.54) is 37.9 Å². The summed E-state index contributed by atoms with van der Waals surface area (Å²) in [6.45, 7) is 2.20. The first-order chi connectivity index (χ1) is 8.84. The van der Waals surface area contributed by atoms with Crippen LogP contribution in [0, 0.1) is 0 Å². The average Bonchev–Trinajstić information content (AvgIpc) is 2.80. The van der Waals surface area contributed by atoms with Crippen LogP contribution in [0.3, 0.4) is 0 Å². The molecule has 0 fully saturated rings. The molecule has 18 heavy (non-hydrogen) atoms. The molecule has 86 valence electrons. The van der Waals surface area contributed by atoms with E-state index in [1.54, 1.807) is 0 Å². The molecule has 2 aliphatic carbocycles. The topological polar surface area (TPSA) is 0 Å². The molecule has 0 saturated carbocycles. The molecule has 0 unspecified atom stereocenters. The van der Waals surface area contributed by atoms with Gasteiger partial charge in [-0.1, -0.05) is 54.6 Å². The van der Waals surface area contributed by atoms with Crippen molar-refractivity contribution in [3.63, 3.8) is 0 Å². The van der Waals surface area contributed by atoms with Gasteiger partial charge < -0.3 is 0 Å². The zero-order valence-electron chi connectivity index (χ0n) is 10.4. The van der Waals surface area contributed by atoms with Gasteiger partial charge in [-0.3, -0.25) is 0 Å².